The maximum absolute atomic E-state index is 12.4. The van der Waals surface area contributed by atoms with Crippen LogP contribution in [0.25, 0.3) is 0 Å². The molecule has 2 N–H and O–H groups in total. The van der Waals surface area contributed by atoms with Crippen molar-refractivity contribution in [2.75, 3.05) is 12.3 Å². The van der Waals surface area contributed by atoms with Gasteiger partial charge in [-0.2, -0.15) is 0 Å². The van der Waals surface area contributed by atoms with E-state index in [1.54, 1.807) is 0 Å². The van der Waals surface area contributed by atoms with Gasteiger partial charge in [0.2, 0.25) is 5.91 Å². The highest BCUT2D eigenvalue weighted by Gasteiger charge is 2.21. The van der Waals surface area contributed by atoms with E-state index in [9.17, 15) is 9.59 Å². The maximum Gasteiger partial charge on any atom is 0.223 e. The van der Waals surface area contributed by atoms with Crippen LogP contribution in [0.1, 0.15) is 39.9 Å². The van der Waals surface area contributed by atoms with E-state index in [2.05, 4.69) is 0 Å². The van der Waals surface area contributed by atoms with E-state index in [1.807, 2.05) is 54.3 Å². The Balaban J connectivity index is 1.58. The maximum atomic E-state index is 12.4. The molecule has 0 aliphatic carbocycles. The first kappa shape index (κ1) is 16.2. The summed E-state index contributed by atoms with van der Waals surface area (Å²) in [5.74, 6) is 0.0496. The monoisotopic (exact) mass is 322 g/mol. The van der Waals surface area contributed by atoms with Crippen LogP contribution >= 0.6 is 0 Å². The molecule has 2 aromatic rings. The second-order valence-electron chi connectivity index (χ2n) is 6.38. The normalized spacial score (nSPS) is 13.5. The molecular formula is C20H22N2O2. The molecule has 0 aromatic heterocycles. The Bertz CT molecular complexity index is 766. The van der Waals surface area contributed by atoms with Gasteiger partial charge in [-0.1, -0.05) is 35.9 Å². The number of rotatable bonds is 4. The summed E-state index contributed by atoms with van der Waals surface area (Å²) in [7, 11) is 0. The Morgan fingerprint density at radius 3 is 2.54 bits per heavy atom. The number of fused-ring (bicyclic) bond motifs is 1. The predicted molar refractivity (Wildman–Crippen MR) is 94.7 cm³/mol. The van der Waals surface area contributed by atoms with Gasteiger partial charge in [-0.05, 0) is 36.6 Å². The van der Waals surface area contributed by atoms with E-state index >= 15 is 0 Å². The van der Waals surface area contributed by atoms with Gasteiger partial charge in [0.05, 0.1) is 0 Å². The Labute approximate surface area is 142 Å². The third-order valence-electron chi connectivity index (χ3n) is 4.53. The van der Waals surface area contributed by atoms with Crippen molar-refractivity contribution in [3.8, 4) is 0 Å². The number of ketones is 1. The van der Waals surface area contributed by atoms with Crippen LogP contribution in [0.2, 0.25) is 0 Å². The zero-order valence-electron chi connectivity index (χ0n) is 13.9. The van der Waals surface area contributed by atoms with Gasteiger partial charge in [-0.15, -0.1) is 0 Å². The third kappa shape index (κ3) is 3.65. The molecule has 0 saturated heterocycles. The van der Waals surface area contributed by atoms with Crippen molar-refractivity contribution < 1.29 is 9.59 Å². The standard InChI is InChI=1S/C20H22N2O2/c1-14-2-4-16(5-3-14)19(23)8-9-20(24)22-11-10-15-6-7-18(21)12-17(15)13-22/h2-7,12H,8-11,13,21H2,1H3. The predicted octanol–water partition coefficient (Wildman–Crippen LogP) is 3.13. The fourth-order valence-electron chi connectivity index (χ4n) is 3.05. The van der Waals surface area contributed by atoms with Gasteiger partial charge in [0.1, 0.15) is 0 Å². The van der Waals surface area contributed by atoms with Gasteiger partial charge in [-0.3, -0.25) is 9.59 Å². The first-order valence-corrected chi connectivity index (χ1v) is 8.28. The van der Waals surface area contributed by atoms with Crippen LogP contribution < -0.4 is 5.73 Å². The number of carbonyl (C=O) groups is 2. The number of hydrogen-bond donors (Lipinski definition) is 1. The number of nitrogen functional groups attached to an aromatic ring is 1. The van der Waals surface area contributed by atoms with Crippen LogP contribution in [0, 0.1) is 6.92 Å². The number of aryl methyl sites for hydroxylation is 1. The summed E-state index contributed by atoms with van der Waals surface area (Å²) >= 11 is 0. The number of Topliss-reactive ketones (excluding diaryl/α,β-unsaturated/α-hetero) is 1. The quantitative estimate of drug-likeness (QED) is 0.695. The van der Waals surface area contributed by atoms with Gasteiger partial charge in [0.25, 0.3) is 0 Å². The number of hydrogen-bond acceptors (Lipinski definition) is 3. The molecular weight excluding hydrogens is 300 g/mol. The highest BCUT2D eigenvalue weighted by Crippen LogP contribution is 2.22. The Hall–Kier alpha value is -2.62. The molecule has 3 rings (SSSR count). The highest BCUT2D eigenvalue weighted by molar-refractivity contribution is 5.98. The fourth-order valence-corrected chi connectivity index (χ4v) is 3.05. The lowest BCUT2D eigenvalue weighted by molar-refractivity contribution is -0.132. The summed E-state index contributed by atoms with van der Waals surface area (Å²) in [4.78, 5) is 26.4. The summed E-state index contributed by atoms with van der Waals surface area (Å²) in [6, 6.07) is 13.3. The third-order valence-corrected chi connectivity index (χ3v) is 4.53. The van der Waals surface area contributed by atoms with E-state index in [4.69, 9.17) is 5.73 Å². The molecule has 124 valence electrons. The smallest absolute Gasteiger partial charge is 0.223 e. The molecule has 4 heteroatoms. The Kier molecular flexibility index (Phi) is 4.65. The lowest BCUT2D eigenvalue weighted by Crippen LogP contribution is -2.36. The molecule has 0 unspecified atom stereocenters. The molecule has 0 saturated carbocycles. The van der Waals surface area contributed by atoms with Gasteiger partial charge in [0, 0.05) is 37.2 Å². The SMILES string of the molecule is Cc1ccc(C(=O)CCC(=O)N2CCc3ccc(N)cc3C2)cc1. The molecule has 1 amide bonds. The molecule has 1 aliphatic rings. The van der Waals surface area contributed by atoms with Crippen molar-refractivity contribution in [2.24, 2.45) is 0 Å². The van der Waals surface area contributed by atoms with E-state index in [1.165, 1.54) is 5.56 Å². The van der Waals surface area contributed by atoms with E-state index in [0.29, 0.717) is 18.7 Å². The van der Waals surface area contributed by atoms with Crippen LogP contribution in [0.15, 0.2) is 42.5 Å². The number of amides is 1. The number of nitrogens with zero attached hydrogens (tertiary/aromatic N) is 1. The molecule has 24 heavy (non-hydrogen) atoms. The molecule has 2 aromatic carbocycles. The lowest BCUT2D eigenvalue weighted by atomic mass is 9.98. The average molecular weight is 322 g/mol. The summed E-state index contributed by atoms with van der Waals surface area (Å²) in [6.07, 6.45) is 1.35. The zero-order chi connectivity index (χ0) is 17.1. The minimum atomic E-state index is 0.0185. The zero-order valence-corrected chi connectivity index (χ0v) is 13.9. The second-order valence-corrected chi connectivity index (χ2v) is 6.38. The van der Waals surface area contributed by atoms with Gasteiger partial charge < -0.3 is 10.6 Å². The number of nitrogens with two attached hydrogens (primary N) is 1. The van der Waals surface area contributed by atoms with E-state index < -0.39 is 0 Å². The average Bonchev–Trinajstić information content (AvgIpc) is 2.59. The molecule has 4 nitrogen and oxygen atoms in total. The van der Waals surface area contributed by atoms with Crippen molar-refractivity contribution in [1.29, 1.82) is 0 Å². The van der Waals surface area contributed by atoms with Crippen molar-refractivity contribution in [1.82, 2.24) is 4.90 Å². The number of benzene rings is 2. The van der Waals surface area contributed by atoms with Crippen molar-refractivity contribution in [2.45, 2.75) is 32.7 Å². The summed E-state index contributed by atoms with van der Waals surface area (Å²) in [5, 5.41) is 0. The van der Waals surface area contributed by atoms with Gasteiger partial charge >= 0.3 is 0 Å². The topological polar surface area (TPSA) is 63.4 Å². The summed E-state index contributed by atoms with van der Waals surface area (Å²) in [6.45, 7) is 3.27. The lowest BCUT2D eigenvalue weighted by Gasteiger charge is -2.29. The minimum Gasteiger partial charge on any atom is -0.399 e. The molecule has 0 atom stereocenters. The number of anilines is 1. The molecule has 0 spiro atoms. The summed E-state index contributed by atoms with van der Waals surface area (Å²) < 4.78 is 0. The molecule has 1 aliphatic heterocycles. The Morgan fingerprint density at radius 2 is 1.79 bits per heavy atom. The van der Waals surface area contributed by atoms with Crippen LogP contribution in [0.5, 0.6) is 0 Å². The van der Waals surface area contributed by atoms with Crippen LogP contribution in [0.4, 0.5) is 5.69 Å². The highest BCUT2D eigenvalue weighted by atomic mass is 16.2. The van der Waals surface area contributed by atoms with E-state index in [-0.39, 0.29) is 24.5 Å². The first-order valence-electron chi connectivity index (χ1n) is 8.28. The minimum absolute atomic E-state index is 0.0185. The van der Waals surface area contributed by atoms with Crippen molar-refractivity contribution >= 4 is 17.4 Å². The Morgan fingerprint density at radius 1 is 1.04 bits per heavy atom. The second kappa shape index (κ2) is 6.87. The number of carbonyl (C=O) groups excluding carboxylic acids is 2. The molecule has 0 bridgehead atoms. The van der Waals surface area contributed by atoms with Gasteiger partial charge in [0.15, 0.2) is 5.78 Å². The summed E-state index contributed by atoms with van der Waals surface area (Å²) in [5.41, 5.74) is 10.7. The van der Waals surface area contributed by atoms with Gasteiger partial charge in [-0.25, -0.2) is 0 Å². The van der Waals surface area contributed by atoms with Crippen molar-refractivity contribution in [3.63, 3.8) is 0 Å². The van der Waals surface area contributed by atoms with Crippen LogP contribution in [-0.4, -0.2) is 23.1 Å². The van der Waals surface area contributed by atoms with E-state index in [0.717, 1.165) is 23.2 Å². The van der Waals surface area contributed by atoms with Crippen molar-refractivity contribution in [3.05, 3.63) is 64.7 Å². The first-order chi connectivity index (χ1) is 11.5. The molecule has 0 fully saturated rings. The molecule has 1 heterocycles. The molecule has 0 radical (unpaired) electrons. The fraction of sp³-hybridized carbons (Fsp3) is 0.300. The largest absolute Gasteiger partial charge is 0.399 e. The van der Waals surface area contributed by atoms with Crippen LogP contribution in [0.3, 0.4) is 0 Å². The van der Waals surface area contributed by atoms with Crippen LogP contribution in [-0.2, 0) is 17.8 Å².